The number of hydrogen-bond donors (Lipinski definition) is 0. The van der Waals surface area contributed by atoms with Gasteiger partial charge in [0.2, 0.25) is 0 Å². The molecule has 3 unspecified atom stereocenters. The SMILES string of the molecule is c1ccc(COCCOCCOCCOCCOCC(COCCOC2CCCCO2)(COCCOC2CCCCO2)COCCOC2CCCCO2)cc1. The molecule has 55 heavy (non-hydrogen) atoms. The van der Waals surface area contributed by atoms with Crippen molar-refractivity contribution in [3.05, 3.63) is 35.9 Å². The zero-order valence-corrected chi connectivity index (χ0v) is 33.3. The summed E-state index contributed by atoms with van der Waals surface area (Å²) in [6.45, 7) is 10.7. The molecule has 14 heteroatoms. The fraction of sp³-hybridized carbons (Fsp3) is 0.854. The van der Waals surface area contributed by atoms with Gasteiger partial charge < -0.3 is 66.3 Å². The largest absolute Gasteiger partial charge is 0.378 e. The van der Waals surface area contributed by atoms with Crippen LogP contribution >= 0.6 is 0 Å². The molecule has 0 saturated carbocycles. The molecular formula is C41H70O14. The van der Waals surface area contributed by atoms with E-state index in [0.29, 0.717) is 126 Å². The third-order valence-electron chi connectivity index (χ3n) is 9.24. The molecule has 3 aliphatic rings. The molecule has 3 saturated heterocycles. The lowest BCUT2D eigenvalue weighted by Gasteiger charge is -2.33. The minimum atomic E-state index is -0.584. The predicted octanol–water partition coefficient (Wildman–Crippen LogP) is 4.94. The van der Waals surface area contributed by atoms with Gasteiger partial charge in [-0.25, -0.2) is 0 Å². The van der Waals surface area contributed by atoms with E-state index in [0.717, 1.165) is 83.2 Å². The third kappa shape index (κ3) is 23.0. The maximum Gasteiger partial charge on any atom is 0.157 e. The van der Waals surface area contributed by atoms with Crippen LogP contribution in [0.15, 0.2) is 30.3 Å². The molecular weight excluding hydrogens is 716 g/mol. The molecule has 1 aromatic rings. The van der Waals surface area contributed by atoms with Crippen LogP contribution in [0.4, 0.5) is 0 Å². The second-order valence-electron chi connectivity index (χ2n) is 14.1. The second kappa shape index (κ2) is 31.6. The van der Waals surface area contributed by atoms with E-state index in [1.165, 1.54) is 0 Å². The van der Waals surface area contributed by atoms with Crippen molar-refractivity contribution in [1.82, 2.24) is 0 Å². The summed E-state index contributed by atoms with van der Waals surface area (Å²) in [5.41, 5.74) is 0.568. The van der Waals surface area contributed by atoms with Crippen LogP contribution < -0.4 is 0 Å². The molecule has 3 heterocycles. The molecule has 4 rings (SSSR count). The second-order valence-corrected chi connectivity index (χ2v) is 14.1. The molecule has 14 nitrogen and oxygen atoms in total. The average Bonchev–Trinajstić information content (AvgIpc) is 3.23. The lowest BCUT2D eigenvalue weighted by molar-refractivity contribution is -0.183. The summed E-state index contributed by atoms with van der Waals surface area (Å²) in [7, 11) is 0. The van der Waals surface area contributed by atoms with Crippen LogP contribution in [0, 0.1) is 5.41 Å². The van der Waals surface area contributed by atoms with E-state index in [2.05, 4.69) is 0 Å². The first-order valence-corrected chi connectivity index (χ1v) is 20.7. The highest BCUT2D eigenvalue weighted by atomic mass is 16.7. The smallest absolute Gasteiger partial charge is 0.157 e. The van der Waals surface area contributed by atoms with Gasteiger partial charge in [-0.2, -0.15) is 0 Å². The van der Waals surface area contributed by atoms with E-state index in [1.807, 2.05) is 30.3 Å². The fourth-order valence-corrected chi connectivity index (χ4v) is 6.19. The molecule has 0 aliphatic carbocycles. The molecule has 3 aliphatic heterocycles. The fourth-order valence-electron chi connectivity index (χ4n) is 6.19. The summed E-state index contributed by atoms with van der Waals surface area (Å²) in [4.78, 5) is 0. The summed E-state index contributed by atoms with van der Waals surface area (Å²) in [6, 6.07) is 10.1. The van der Waals surface area contributed by atoms with Gasteiger partial charge in [0, 0.05) is 19.8 Å². The first kappa shape index (κ1) is 46.4. The lowest BCUT2D eigenvalue weighted by Crippen LogP contribution is -2.43. The molecule has 3 fully saturated rings. The van der Waals surface area contributed by atoms with Gasteiger partial charge in [0.25, 0.3) is 0 Å². The van der Waals surface area contributed by atoms with Crippen molar-refractivity contribution in [2.24, 2.45) is 5.41 Å². The minimum Gasteiger partial charge on any atom is -0.378 e. The van der Waals surface area contributed by atoms with E-state index in [-0.39, 0.29) is 18.9 Å². The van der Waals surface area contributed by atoms with Crippen molar-refractivity contribution < 1.29 is 66.3 Å². The number of benzene rings is 1. The van der Waals surface area contributed by atoms with Crippen LogP contribution in [0.25, 0.3) is 0 Å². The lowest BCUT2D eigenvalue weighted by atomic mass is 9.92. The maximum atomic E-state index is 6.19. The molecule has 0 N–H and O–H groups in total. The van der Waals surface area contributed by atoms with Gasteiger partial charge in [-0.1, -0.05) is 30.3 Å². The van der Waals surface area contributed by atoms with E-state index in [1.54, 1.807) is 0 Å². The molecule has 0 aromatic heterocycles. The molecule has 0 amide bonds. The minimum absolute atomic E-state index is 0.160. The van der Waals surface area contributed by atoms with E-state index < -0.39 is 5.41 Å². The Bertz CT molecular complexity index is 919. The van der Waals surface area contributed by atoms with Gasteiger partial charge >= 0.3 is 0 Å². The van der Waals surface area contributed by atoms with Crippen LogP contribution in [0.5, 0.6) is 0 Å². The Hall–Kier alpha value is -1.34. The van der Waals surface area contributed by atoms with E-state index in [9.17, 15) is 0 Å². The topological polar surface area (TPSA) is 129 Å². The summed E-state index contributed by atoms with van der Waals surface area (Å²) < 4.78 is 82.2. The van der Waals surface area contributed by atoms with Gasteiger partial charge in [0.05, 0.1) is 131 Å². The Morgan fingerprint density at radius 3 is 1.11 bits per heavy atom. The van der Waals surface area contributed by atoms with Crippen LogP contribution in [0.3, 0.4) is 0 Å². The van der Waals surface area contributed by atoms with Crippen LogP contribution in [-0.2, 0) is 72.9 Å². The molecule has 3 atom stereocenters. The Morgan fingerprint density at radius 2 is 0.745 bits per heavy atom. The normalized spacial score (nSPS) is 21.8. The Morgan fingerprint density at radius 1 is 0.400 bits per heavy atom. The van der Waals surface area contributed by atoms with Crippen LogP contribution in [-0.4, -0.2) is 158 Å². The van der Waals surface area contributed by atoms with Crippen molar-refractivity contribution in [3.8, 4) is 0 Å². The summed E-state index contributed by atoms with van der Waals surface area (Å²) in [5, 5.41) is 0. The molecule has 0 radical (unpaired) electrons. The van der Waals surface area contributed by atoms with Crippen molar-refractivity contribution in [2.45, 2.75) is 83.3 Å². The Labute approximate surface area is 329 Å². The Kier molecular flexibility index (Phi) is 26.7. The highest BCUT2D eigenvalue weighted by molar-refractivity contribution is 5.13. The summed E-state index contributed by atoms with van der Waals surface area (Å²) >= 11 is 0. The highest BCUT2D eigenvalue weighted by Crippen LogP contribution is 2.22. The first-order valence-electron chi connectivity index (χ1n) is 20.7. The van der Waals surface area contributed by atoms with Gasteiger partial charge in [0.15, 0.2) is 18.9 Å². The number of ether oxygens (including phenoxy) is 14. The zero-order valence-electron chi connectivity index (χ0n) is 33.3. The molecule has 0 bridgehead atoms. The maximum absolute atomic E-state index is 6.19. The third-order valence-corrected chi connectivity index (χ3v) is 9.24. The van der Waals surface area contributed by atoms with Crippen molar-refractivity contribution in [1.29, 1.82) is 0 Å². The summed E-state index contributed by atoms with van der Waals surface area (Å²) in [6.07, 6.45) is 8.85. The van der Waals surface area contributed by atoms with Gasteiger partial charge in [-0.3, -0.25) is 0 Å². The van der Waals surface area contributed by atoms with Crippen LogP contribution in [0.1, 0.15) is 63.4 Å². The molecule has 1 aromatic carbocycles. The van der Waals surface area contributed by atoms with E-state index in [4.69, 9.17) is 66.3 Å². The molecule has 0 spiro atoms. The van der Waals surface area contributed by atoms with Gasteiger partial charge in [0.1, 0.15) is 0 Å². The predicted molar refractivity (Wildman–Crippen MR) is 203 cm³/mol. The number of rotatable bonds is 34. The van der Waals surface area contributed by atoms with E-state index >= 15 is 0 Å². The highest BCUT2D eigenvalue weighted by Gasteiger charge is 2.33. The van der Waals surface area contributed by atoms with Crippen molar-refractivity contribution >= 4 is 0 Å². The molecule has 318 valence electrons. The number of hydrogen-bond acceptors (Lipinski definition) is 14. The monoisotopic (exact) mass is 786 g/mol. The first-order chi connectivity index (χ1) is 27.3. The van der Waals surface area contributed by atoms with Crippen molar-refractivity contribution in [3.63, 3.8) is 0 Å². The average molecular weight is 787 g/mol. The Balaban J connectivity index is 1.13. The standard InChI is InChI=1S/C41H70O14/c1-2-10-37(11-3-1)32-45-24-22-43-20-18-42-19-21-44-23-25-46-33-41(34-47-26-29-53-38-12-4-7-15-50-38,35-48-27-30-54-39-13-5-8-16-51-39)36-49-28-31-55-40-14-6-9-17-52-40/h1-3,10-11,38-40H,4-9,12-36H2. The van der Waals surface area contributed by atoms with Gasteiger partial charge in [-0.15, -0.1) is 0 Å². The van der Waals surface area contributed by atoms with Crippen molar-refractivity contribution in [2.75, 3.05) is 139 Å². The zero-order chi connectivity index (χ0) is 38.2. The van der Waals surface area contributed by atoms with Gasteiger partial charge in [-0.05, 0) is 63.4 Å². The summed E-state index contributed by atoms with van der Waals surface area (Å²) in [5.74, 6) is 0. The van der Waals surface area contributed by atoms with Crippen LogP contribution in [0.2, 0.25) is 0 Å². The quantitative estimate of drug-likeness (QED) is 0.0876.